The molecule has 0 unspecified atom stereocenters. The van der Waals surface area contributed by atoms with E-state index in [9.17, 15) is 0 Å². The van der Waals surface area contributed by atoms with Crippen molar-refractivity contribution in [3.05, 3.63) is 84.2 Å². The Kier molecular flexibility index (Phi) is 7.65. The normalized spacial score (nSPS) is 10.9. The molecule has 0 aliphatic carbocycles. The summed E-state index contributed by atoms with van der Waals surface area (Å²) >= 11 is 0. The summed E-state index contributed by atoms with van der Waals surface area (Å²) in [4.78, 5) is 6.69. The van der Waals surface area contributed by atoms with Gasteiger partial charge in [-0.1, -0.05) is 42.5 Å². The van der Waals surface area contributed by atoms with E-state index in [4.69, 9.17) is 0 Å². The third-order valence-corrected chi connectivity index (χ3v) is 3.83. The van der Waals surface area contributed by atoms with Gasteiger partial charge in [0.15, 0.2) is 5.96 Å². The maximum absolute atomic E-state index is 4.68. The fourth-order valence-electron chi connectivity index (χ4n) is 2.47. The van der Waals surface area contributed by atoms with Crippen molar-refractivity contribution in [2.45, 2.75) is 13.1 Å². The molecule has 0 atom stereocenters. The predicted octanol–water partition coefficient (Wildman–Crippen LogP) is 3.70. The number of hydrogen-bond acceptors (Lipinski definition) is 2. The summed E-state index contributed by atoms with van der Waals surface area (Å²) in [5.41, 5.74) is 3.46. The molecule has 5 nitrogen and oxygen atoms in total. The zero-order valence-corrected chi connectivity index (χ0v) is 17.4. The molecule has 2 aromatic carbocycles. The summed E-state index contributed by atoms with van der Waals surface area (Å²) in [6, 6.07) is 20.5. The minimum Gasteiger partial charge on any atom is -0.352 e. The summed E-state index contributed by atoms with van der Waals surface area (Å²) in [6.07, 6.45) is 3.72. The number of benzene rings is 2. The zero-order chi connectivity index (χ0) is 17.5. The Morgan fingerprint density at radius 3 is 2.35 bits per heavy atom. The number of rotatable bonds is 5. The van der Waals surface area contributed by atoms with Crippen molar-refractivity contribution in [2.75, 3.05) is 14.1 Å². The summed E-state index contributed by atoms with van der Waals surface area (Å²) in [6.45, 7) is 1.39. The maximum Gasteiger partial charge on any atom is 0.194 e. The molecule has 0 saturated heterocycles. The Bertz CT molecular complexity index is 796. The standard InChI is InChI=1S/C20H23N5.HI/c1-24(2)20(21-15-17-7-4-3-5-8-17)22-16-18-9-11-19(12-10-18)25-14-6-13-23-25;/h3-14H,15-16H2,1-2H3,(H,21,22);1H. The van der Waals surface area contributed by atoms with Crippen molar-refractivity contribution in [3.8, 4) is 5.69 Å². The van der Waals surface area contributed by atoms with Crippen LogP contribution in [-0.2, 0) is 13.1 Å². The fraction of sp³-hybridized carbons (Fsp3) is 0.200. The molecule has 0 fully saturated rings. The molecular formula is C20H24IN5. The number of nitrogens with one attached hydrogen (secondary N) is 1. The topological polar surface area (TPSA) is 45.5 Å². The van der Waals surface area contributed by atoms with E-state index in [2.05, 4.69) is 51.8 Å². The monoisotopic (exact) mass is 461 g/mol. The van der Waals surface area contributed by atoms with Crippen LogP contribution in [0.15, 0.2) is 78.0 Å². The number of hydrogen-bond donors (Lipinski definition) is 1. The molecule has 1 aromatic heterocycles. The van der Waals surface area contributed by atoms with E-state index in [1.807, 2.05) is 54.1 Å². The molecule has 0 spiro atoms. The van der Waals surface area contributed by atoms with E-state index < -0.39 is 0 Å². The Hall–Kier alpha value is -2.35. The second-order valence-electron chi connectivity index (χ2n) is 5.99. The van der Waals surface area contributed by atoms with Crippen molar-refractivity contribution < 1.29 is 0 Å². The van der Waals surface area contributed by atoms with Gasteiger partial charge in [-0.2, -0.15) is 5.10 Å². The zero-order valence-electron chi connectivity index (χ0n) is 15.0. The highest BCUT2D eigenvalue weighted by molar-refractivity contribution is 14.0. The van der Waals surface area contributed by atoms with Crippen molar-refractivity contribution in [1.82, 2.24) is 20.0 Å². The van der Waals surface area contributed by atoms with Crippen LogP contribution in [0.5, 0.6) is 0 Å². The fourth-order valence-corrected chi connectivity index (χ4v) is 2.47. The van der Waals surface area contributed by atoms with Crippen LogP contribution in [0.3, 0.4) is 0 Å². The molecule has 3 rings (SSSR count). The number of aromatic nitrogens is 2. The number of aliphatic imine (C=N–C) groups is 1. The van der Waals surface area contributed by atoms with Gasteiger partial charge in [-0.15, -0.1) is 24.0 Å². The quantitative estimate of drug-likeness (QED) is 0.358. The van der Waals surface area contributed by atoms with Gasteiger partial charge in [0, 0.05) is 33.0 Å². The Morgan fingerprint density at radius 1 is 1.00 bits per heavy atom. The third kappa shape index (κ3) is 5.59. The minimum atomic E-state index is 0. The average Bonchev–Trinajstić information content (AvgIpc) is 3.17. The summed E-state index contributed by atoms with van der Waals surface area (Å²) in [7, 11) is 4.00. The van der Waals surface area contributed by atoms with E-state index in [1.165, 1.54) is 11.1 Å². The van der Waals surface area contributed by atoms with Crippen LogP contribution in [0, 0.1) is 0 Å². The molecule has 6 heteroatoms. The van der Waals surface area contributed by atoms with Crippen LogP contribution in [-0.4, -0.2) is 34.7 Å². The molecule has 0 bridgehead atoms. The van der Waals surface area contributed by atoms with E-state index >= 15 is 0 Å². The number of nitrogens with zero attached hydrogens (tertiary/aromatic N) is 4. The summed E-state index contributed by atoms with van der Waals surface area (Å²) in [5.74, 6) is 0.875. The lowest BCUT2D eigenvalue weighted by atomic mass is 10.2. The van der Waals surface area contributed by atoms with Gasteiger partial charge in [-0.25, -0.2) is 9.67 Å². The molecular weight excluding hydrogens is 437 g/mol. The molecule has 26 heavy (non-hydrogen) atoms. The molecule has 0 radical (unpaired) electrons. The lowest BCUT2D eigenvalue weighted by Gasteiger charge is -2.18. The van der Waals surface area contributed by atoms with Crippen LogP contribution < -0.4 is 5.32 Å². The molecule has 1 heterocycles. The summed E-state index contributed by atoms with van der Waals surface area (Å²) in [5, 5.41) is 7.66. The first-order valence-corrected chi connectivity index (χ1v) is 8.31. The highest BCUT2D eigenvalue weighted by atomic mass is 127. The van der Waals surface area contributed by atoms with Crippen LogP contribution in [0.25, 0.3) is 5.69 Å². The van der Waals surface area contributed by atoms with Gasteiger partial charge in [0.1, 0.15) is 0 Å². The predicted molar refractivity (Wildman–Crippen MR) is 117 cm³/mol. The van der Waals surface area contributed by atoms with E-state index in [-0.39, 0.29) is 24.0 Å². The van der Waals surface area contributed by atoms with Gasteiger partial charge in [0.05, 0.1) is 12.2 Å². The average molecular weight is 461 g/mol. The second kappa shape index (κ2) is 9.96. The maximum atomic E-state index is 4.68. The third-order valence-electron chi connectivity index (χ3n) is 3.83. The number of guanidine groups is 1. The van der Waals surface area contributed by atoms with Crippen molar-refractivity contribution in [2.24, 2.45) is 4.99 Å². The van der Waals surface area contributed by atoms with Gasteiger partial charge in [0.2, 0.25) is 0 Å². The lowest BCUT2D eigenvalue weighted by molar-refractivity contribution is 0.578. The molecule has 3 aromatic rings. The SMILES string of the molecule is CN(C)C(=NCc1ccccc1)NCc1ccc(-n2cccn2)cc1.I. The van der Waals surface area contributed by atoms with Crippen molar-refractivity contribution >= 4 is 29.9 Å². The van der Waals surface area contributed by atoms with Crippen LogP contribution >= 0.6 is 24.0 Å². The van der Waals surface area contributed by atoms with Crippen LogP contribution in [0.2, 0.25) is 0 Å². The smallest absolute Gasteiger partial charge is 0.194 e. The molecule has 1 N–H and O–H groups in total. The van der Waals surface area contributed by atoms with Gasteiger partial charge in [-0.3, -0.25) is 0 Å². The van der Waals surface area contributed by atoms with Crippen molar-refractivity contribution in [1.29, 1.82) is 0 Å². The largest absolute Gasteiger partial charge is 0.352 e. The van der Waals surface area contributed by atoms with Gasteiger partial charge in [-0.05, 0) is 29.3 Å². The Labute approximate surface area is 171 Å². The highest BCUT2D eigenvalue weighted by Crippen LogP contribution is 2.08. The number of halogens is 1. The molecule has 0 aliphatic rings. The molecule has 136 valence electrons. The Morgan fingerprint density at radius 2 is 1.73 bits per heavy atom. The van der Waals surface area contributed by atoms with Gasteiger partial charge < -0.3 is 10.2 Å². The molecule has 0 aliphatic heterocycles. The van der Waals surface area contributed by atoms with Crippen molar-refractivity contribution in [3.63, 3.8) is 0 Å². The van der Waals surface area contributed by atoms with Gasteiger partial charge in [0.25, 0.3) is 0 Å². The summed E-state index contributed by atoms with van der Waals surface area (Å²) < 4.78 is 1.85. The van der Waals surface area contributed by atoms with Crippen LogP contribution in [0.4, 0.5) is 0 Å². The molecule has 0 saturated carbocycles. The first kappa shape index (κ1) is 20.0. The lowest BCUT2D eigenvalue weighted by Crippen LogP contribution is -2.36. The minimum absolute atomic E-state index is 0. The van der Waals surface area contributed by atoms with E-state index in [1.54, 1.807) is 6.20 Å². The highest BCUT2D eigenvalue weighted by Gasteiger charge is 2.03. The van der Waals surface area contributed by atoms with E-state index in [0.29, 0.717) is 6.54 Å². The molecule has 0 amide bonds. The first-order chi connectivity index (χ1) is 12.2. The van der Waals surface area contributed by atoms with Gasteiger partial charge >= 0.3 is 0 Å². The van der Waals surface area contributed by atoms with E-state index in [0.717, 1.165) is 18.2 Å². The Balaban J connectivity index is 0.00000243. The first-order valence-electron chi connectivity index (χ1n) is 8.31. The van der Waals surface area contributed by atoms with Crippen LogP contribution in [0.1, 0.15) is 11.1 Å². The second-order valence-corrected chi connectivity index (χ2v) is 5.99.